The Bertz CT molecular complexity index is 696. The molecular weight excluding hydrogens is 368 g/mol. The van der Waals surface area contributed by atoms with E-state index in [1.54, 1.807) is 11.3 Å². The van der Waals surface area contributed by atoms with Crippen LogP contribution in [0.5, 0.6) is 0 Å². The van der Waals surface area contributed by atoms with Crippen LogP contribution in [0, 0.1) is 0 Å². The van der Waals surface area contributed by atoms with Crippen molar-refractivity contribution in [1.29, 1.82) is 0 Å². The molecule has 2 heterocycles. The molecule has 0 aromatic carbocycles. The second-order valence-electron chi connectivity index (χ2n) is 7.76. The maximum Gasteiger partial charge on any atom is 0.237 e. The van der Waals surface area contributed by atoms with Crippen molar-refractivity contribution in [2.75, 3.05) is 25.1 Å². The van der Waals surface area contributed by atoms with Gasteiger partial charge in [-0.15, -0.1) is 11.3 Å². The highest BCUT2D eigenvalue weighted by Gasteiger charge is 2.38. The smallest absolute Gasteiger partial charge is 0.237 e. The monoisotopic (exact) mass is 398 g/mol. The standard InChI is InChI=1S/C19H30N2O3S2/c1-15(18-9-6-11-25-18)20(2)13-19(22)21(16-7-4-3-5-8-16)17-10-12-26(23,24)14-17/h6,9,11,15-17H,3-5,7-8,10,12-14H2,1-2H3. The summed E-state index contributed by atoms with van der Waals surface area (Å²) >= 11 is 1.70. The molecule has 2 aliphatic rings. The number of rotatable bonds is 6. The summed E-state index contributed by atoms with van der Waals surface area (Å²) in [5.41, 5.74) is 0. The number of likely N-dealkylation sites (N-methyl/N-ethyl adjacent to an activating group) is 1. The van der Waals surface area contributed by atoms with E-state index in [1.165, 1.54) is 11.3 Å². The highest BCUT2D eigenvalue weighted by molar-refractivity contribution is 7.91. The predicted octanol–water partition coefficient (Wildman–Crippen LogP) is 3.09. The van der Waals surface area contributed by atoms with Crippen LogP contribution in [0.1, 0.15) is 56.4 Å². The number of hydrogen-bond acceptors (Lipinski definition) is 5. The summed E-state index contributed by atoms with van der Waals surface area (Å²) in [6.07, 6.45) is 6.09. The highest BCUT2D eigenvalue weighted by atomic mass is 32.2. The minimum atomic E-state index is -3.00. The van der Waals surface area contributed by atoms with E-state index < -0.39 is 9.84 Å². The summed E-state index contributed by atoms with van der Waals surface area (Å²) in [5.74, 6) is 0.444. The third kappa shape index (κ3) is 4.67. The molecule has 7 heteroatoms. The summed E-state index contributed by atoms with van der Waals surface area (Å²) in [4.78, 5) is 18.5. The second-order valence-corrected chi connectivity index (χ2v) is 11.0. The molecule has 1 aliphatic heterocycles. The van der Waals surface area contributed by atoms with E-state index in [4.69, 9.17) is 0 Å². The minimum Gasteiger partial charge on any atom is -0.335 e. The molecule has 146 valence electrons. The zero-order valence-corrected chi connectivity index (χ0v) is 17.4. The van der Waals surface area contributed by atoms with Crippen LogP contribution in [0.3, 0.4) is 0 Å². The molecule has 1 saturated heterocycles. The van der Waals surface area contributed by atoms with Crippen LogP contribution >= 0.6 is 11.3 Å². The topological polar surface area (TPSA) is 57.7 Å². The van der Waals surface area contributed by atoms with Crippen molar-refractivity contribution in [3.8, 4) is 0 Å². The Kier molecular flexibility index (Phi) is 6.41. The van der Waals surface area contributed by atoms with Gasteiger partial charge in [-0.2, -0.15) is 0 Å². The molecule has 0 radical (unpaired) electrons. The Balaban J connectivity index is 1.71. The second kappa shape index (κ2) is 8.40. The van der Waals surface area contributed by atoms with E-state index >= 15 is 0 Å². The largest absolute Gasteiger partial charge is 0.335 e. The first-order valence-electron chi connectivity index (χ1n) is 9.62. The quantitative estimate of drug-likeness (QED) is 0.739. The maximum absolute atomic E-state index is 13.2. The number of thiophene rings is 1. The normalized spacial score (nSPS) is 24.7. The van der Waals surface area contributed by atoms with Gasteiger partial charge in [0, 0.05) is 23.0 Å². The summed E-state index contributed by atoms with van der Waals surface area (Å²) < 4.78 is 24.0. The van der Waals surface area contributed by atoms with Crippen LogP contribution < -0.4 is 0 Å². The summed E-state index contributed by atoms with van der Waals surface area (Å²) in [5, 5.41) is 2.05. The summed E-state index contributed by atoms with van der Waals surface area (Å²) in [6, 6.07) is 4.38. The fraction of sp³-hybridized carbons (Fsp3) is 0.737. The number of carbonyl (C=O) groups excluding carboxylic acids is 1. The number of nitrogens with zero attached hydrogens (tertiary/aromatic N) is 2. The van der Waals surface area contributed by atoms with E-state index in [2.05, 4.69) is 23.3 Å². The van der Waals surface area contributed by atoms with E-state index in [0.717, 1.165) is 25.7 Å². The van der Waals surface area contributed by atoms with Gasteiger partial charge < -0.3 is 4.90 Å². The Labute approximate surface area is 161 Å². The molecule has 0 bridgehead atoms. The van der Waals surface area contributed by atoms with Crippen LogP contribution in [0.2, 0.25) is 0 Å². The Morgan fingerprint density at radius 1 is 1.23 bits per heavy atom. The fourth-order valence-corrected chi connectivity index (χ4v) is 6.80. The Hall–Kier alpha value is -0.920. The molecule has 2 fully saturated rings. The van der Waals surface area contributed by atoms with E-state index in [-0.39, 0.29) is 35.5 Å². The zero-order chi connectivity index (χ0) is 18.7. The van der Waals surface area contributed by atoms with Crippen molar-refractivity contribution in [3.63, 3.8) is 0 Å². The van der Waals surface area contributed by atoms with Crippen LogP contribution in [-0.4, -0.2) is 61.3 Å². The molecule has 26 heavy (non-hydrogen) atoms. The van der Waals surface area contributed by atoms with E-state index in [9.17, 15) is 13.2 Å². The van der Waals surface area contributed by atoms with Crippen LogP contribution in [0.25, 0.3) is 0 Å². The number of sulfone groups is 1. The zero-order valence-electron chi connectivity index (χ0n) is 15.8. The minimum absolute atomic E-state index is 0.0879. The lowest BCUT2D eigenvalue weighted by molar-refractivity contribution is -0.138. The van der Waals surface area contributed by atoms with Gasteiger partial charge in [0.15, 0.2) is 9.84 Å². The first-order chi connectivity index (χ1) is 12.4. The van der Waals surface area contributed by atoms with Crippen molar-refractivity contribution >= 4 is 27.1 Å². The van der Waals surface area contributed by atoms with Gasteiger partial charge in [-0.1, -0.05) is 25.3 Å². The first-order valence-corrected chi connectivity index (χ1v) is 12.3. The molecule has 1 aromatic rings. The van der Waals surface area contributed by atoms with Crippen LogP contribution in [-0.2, 0) is 14.6 Å². The molecule has 1 aromatic heterocycles. The van der Waals surface area contributed by atoms with Crippen molar-refractivity contribution in [2.24, 2.45) is 0 Å². The lowest BCUT2D eigenvalue weighted by Crippen LogP contribution is -2.51. The van der Waals surface area contributed by atoms with Gasteiger partial charge in [0.25, 0.3) is 0 Å². The van der Waals surface area contributed by atoms with Crippen LogP contribution in [0.4, 0.5) is 0 Å². The third-order valence-electron chi connectivity index (χ3n) is 5.86. The molecule has 1 aliphatic carbocycles. The number of hydrogen-bond donors (Lipinski definition) is 0. The number of amides is 1. The van der Waals surface area contributed by atoms with Crippen LogP contribution in [0.15, 0.2) is 17.5 Å². The molecule has 2 unspecified atom stereocenters. The Morgan fingerprint density at radius 2 is 1.96 bits per heavy atom. The lowest BCUT2D eigenvalue weighted by atomic mass is 9.92. The predicted molar refractivity (Wildman–Crippen MR) is 106 cm³/mol. The molecular formula is C19H30N2O3S2. The first kappa shape index (κ1) is 19.8. The lowest BCUT2D eigenvalue weighted by Gasteiger charge is -2.39. The molecule has 1 amide bonds. The average Bonchev–Trinajstić information content (AvgIpc) is 3.25. The number of carbonyl (C=O) groups is 1. The van der Waals surface area contributed by atoms with Crippen molar-refractivity contribution in [2.45, 2.75) is 63.6 Å². The van der Waals surface area contributed by atoms with Crippen molar-refractivity contribution in [1.82, 2.24) is 9.80 Å². The van der Waals surface area contributed by atoms with Gasteiger partial charge in [0.05, 0.1) is 18.1 Å². The molecule has 2 atom stereocenters. The molecule has 5 nitrogen and oxygen atoms in total. The highest BCUT2D eigenvalue weighted by Crippen LogP contribution is 2.29. The van der Waals surface area contributed by atoms with Crippen molar-refractivity contribution in [3.05, 3.63) is 22.4 Å². The maximum atomic E-state index is 13.2. The van der Waals surface area contributed by atoms with E-state index in [1.807, 2.05) is 18.0 Å². The average molecular weight is 399 g/mol. The van der Waals surface area contributed by atoms with Gasteiger partial charge >= 0.3 is 0 Å². The van der Waals surface area contributed by atoms with Gasteiger partial charge in [0.1, 0.15) is 0 Å². The molecule has 0 N–H and O–H groups in total. The molecule has 1 saturated carbocycles. The van der Waals surface area contributed by atoms with Gasteiger partial charge in [-0.05, 0) is 44.7 Å². The third-order valence-corrected chi connectivity index (χ3v) is 8.65. The van der Waals surface area contributed by atoms with Gasteiger partial charge in [-0.25, -0.2) is 8.42 Å². The SMILES string of the molecule is CC(c1cccs1)N(C)CC(=O)N(C1CCCCC1)C1CCS(=O)(=O)C1. The van der Waals surface area contributed by atoms with Gasteiger partial charge in [-0.3, -0.25) is 9.69 Å². The Morgan fingerprint density at radius 3 is 2.54 bits per heavy atom. The van der Waals surface area contributed by atoms with Crippen molar-refractivity contribution < 1.29 is 13.2 Å². The fourth-order valence-electron chi connectivity index (χ4n) is 4.24. The van der Waals surface area contributed by atoms with Gasteiger partial charge in [0.2, 0.25) is 5.91 Å². The van der Waals surface area contributed by atoms with E-state index in [0.29, 0.717) is 13.0 Å². The summed E-state index contributed by atoms with van der Waals surface area (Å²) in [7, 11) is -1.02. The molecule has 3 rings (SSSR count). The molecule has 0 spiro atoms. The summed E-state index contributed by atoms with van der Waals surface area (Å²) in [6.45, 7) is 2.45.